The molecule has 112 valence electrons. The number of benzene rings is 1. The van der Waals surface area contributed by atoms with Gasteiger partial charge in [0.2, 0.25) is 10.0 Å². The Morgan fingerprint density at radius 1 is 1.40 bits per heavy atom. The van der Waals surface area contributed by atoms with E-state index in [-0.39, 0.29) is 16.0 Å². The second-order valence-corrected chi connectivity index (χ2v) is 6.59. The number of halogens is 1. The van der Waals surface area contributed by atoms with Crippen LogP contribution in [0.3, 0.4) is 0 Å². The number of carbonyl (C=O) groups excluding carboxylic acids is 1. The average molecular weight is 302 g/mol. The summed E-state index contributed by atoms with van der Waals surface area (Å²) >= 11 is 0. The van der Waals surface area contributed by atoms with Crippen LogP contribution in [0.15, 0.2) is 17.0 Å². The van der Waals surface area contributed by atoms with E-state index in [4.69, 9.17) is 5.14 Å². The van der Waals surface area contributed by atoms with E-state index in [1.54, 1.807) is 0 Å². The third kappa shape index (κ3) is 4.28. The Hall–Kier alpha value is -1.47. The average Bonchev–Trinajstić information content (AvgIpc) is 2.29. The first-order chi connectivity index (χ1) is 9.12. The van der Waals surface area contributed by atoms with Gasteiger partial charge in [0.05, 0.1) is 4.90 Å². The summed E-state index contributed by atoms with van der Waals surface area (Å²) in [4.78, 5) is 11.6. The Morgan fingerprint density at radius 2 is 2.00 bits per heavy atom. The maximum Gasteiger partial charge on any atom is 0.251 e. The fourth-order valence-electron chi connectivity index (χ4n) is 1.75. The second-order valence-electron chi connectivity index (χ2n) is 5.06. The highest BCUT2D eigenvalue weighted by Crippen LogP contribution is 2.20. The number of nitrogens with two attached hydrogens (primary N) is 1. The number of hydrogen-bond donors (Lipinski definition) is 2. The van der Waals surface area contributed by atoms with Gasteiger partial charge in [0, 0.05) is 12.1 Å². The zero-order valence-electron chi connectivity index (χ0n) is 11.7. The van der Waals surface area contributed by atoms with Crippen LogP contribution in [-0.2, 0) is 10.0 Å². The SMILES string of the molecule is Cc1c(C(=O)NCCC(C)C)cc(F)cc1S(N)(=O)=O. The predicted molar refractivity (Wildman–Crippen MR) is 74.3 cm³/mol. The van der Waals surface area contributed by atoms with E-state index in [0.29, 0.717) is 12.5 Å². The van der Waals surface area contributed by atoms with Gasteiger partial charge in [-0.3, -0.25) is 4.79 Å². The van der Waals surface area contributed by atoms with Crippen molar-refractivity contribution in [1.82, 2.24) is 5.32 Å². The molecule has 0 radical (unpaired) electrons. The van der Waals surface area contributed by atoms with Crippen LogP contribution in [0.25, 0.3) is 0 Å². The molecule has 1 rings (SSSR count). The largest absolute Gasteiger partial charge is 0.352 e. The Labute approximate surface area is 118 Å². The Morgan fingerprint density at radius 3 is 2.50 bits per heavy atom. The van der Waals surface area contributed by atoms with Crippen LogP contribution in [0, 0.1) is 18.7 Å². The molecule has 0 aromatic heterocycles. The molecule has 7 heteroatoms. The van der Waals surface area contributed by atoms with Crippen molar-refractivity contribution in [3.8, 4) is 0 Å². The van der Waals surface area contributed by atoms with E-state index in [1.807, 2.05) is 13.8 Å². The fourth-order valence-corrected chi connectivity index (χ4v) is 2.57. The van der Waals surface area contributed by atoms with Gasteiger partial charge in [-0.25, -0.2) is 17.9 Å². The van der Waals surface area contributed by atoms with Crippen LogP contribution in [0.5, 0.6) is 0 Å². The van der Waals surface area contributed by atoms with E-state index >= 15 is 0 Å². The van der Waals surface area contributed by atoms with E-state index in [1.165, 1.54) is 6.92 Å². The lowest BCUT2D eigenvalue weighted by molar-refractivity contribution is 0.0950. The molecule has 0 saturated carbocycles. The molecule has 1 aromatic rings. The molecule has 1 amide bonds. The summed E-state index contributed by atoms with van der Waals surface area (Å²) in [6.07, 6.45) is 0.780. The van der Waals surface area contributed by atoms with Gasteiger partial charge in [-0.1, -0.05) is 13.8 Å². The van der Waals surface area contributed by atoms with Gasteiger partial charge in [-0.05, 0) is 37.0 Å². The van der Waals surface area contributed by atoms with Crippen LogP contribution in [0.1, 0.15) is 36.2 Å². The zero-order chi connectivity index (χ0) is 15.5. The number of amides is 1. The summed E-state index contributed by atoms with van der Waals surface area (Å²) in [5.74, 6) is -0.898. The van der Waals surface area contributed by atoms with Crippen molar-refractivity contribution in [3.63, 3.8) is 0 Å². The minimum absolute atomic E-state index is 0.0159. The van der Waals surface area contributed by atoms with Crippen LogP contribution in [-0.4, -0.2) is 20.9 Å². The standard InChI is InChI=1S/C13H19FN2O3S/c1-8(2)4-5-16-13(17)11-6-10(14)7-12(9(11)3)20(15,18)19/h6-8H,4-5H2,1-3H3,(H,16,17)(H2,15,18,19). The smallest absolute Gasteiger partial charge is 0.251 e. The zero-order valence-corrected chi connectivity index (χ0v) is 12.6. The topological polar surface area (TPSA) is 89.3 Å². The lowest BCUT2D eigenvalue weighted by Gasteiger charge is -2.11. The molecular formula is C13H19FN2O3S. The summed E-state index contributed by atoms with van der Waals surface area (Å²) in [7, 11) is -4.07. The molecule has 0 aliphatic heterocycles. The third-order valence-corrected chi connectivity index (χ3v) is 3.92. The normalized spacial score (nSPS) is 11.7. The number of primary sulfonamides is 1. The van der Waals surface area contributed by atoms with E-state index < -0.39 is 21.7 Å². The minimum atomic E-state index is -4.07. The van der Waals surface area contributed by atoms with Gasteiger partial charge in [-0.15, -0.1) is 0 Å². The highest BCUT2D eigenvalue weighted by atomic mass is 32.2. The number of carbonyl (C=O) groups is 1. The summed E-state index contributed by atoms with van der Waals surface area (Å²) in [6, 6.07) is 1.82. The third-order valence-electron chi connectivity index (χ3n) is 2.88. The van der Waals surface area contributed by atoms with Crippen molar-refractivity contribution in [1.29, 1.82) is 0 Å². The fraction of sp³-hybridized carbons (Fsp3) is 0.462. The van der Waals surface area contributed by atoms with Gasteiger partial charge in [0.1, 0.15) is 5.82 Å². The van der Waals surface area contributed by atoms with Crippen LogP contribution >= 0.6 is 0 Å². The van der Waals surface area contributed by atoms with Crippen molar-refractivity contribution >= 4 is 15.9 Å². The van der Waals surface area contributed by atoms with Gasteiger partial charge >= 0.3 is 0 Å². The van der Waals surface area contributed by atoms with Crippen molar-refractivity contribution in [2.24, 2.45) is 11.1 Å². The van der Waals surface area contributed by atoms with Crippen LogP contribution < -0.4 is 10.5 Å². The maximum atomic E-state index is 13.4. The summed E-state index contributed by atoms with van der Waals surface area (Å²) in [5.41, 5.74) is 0.133. The second kappa shape index (κ2) is 6.32. The van der Waals surface area contributed by atoms with Crippen molar-refractivity contribution in [3.05, 3.63) is 29.1 Å². The van der Waals surface area contributed by atoms with E-state index in [9.17, 15) is 17.6 Å². The summed E-state index contributed by atoms with van der Waals surface area (Å²) in [5, 5.41) is 7.64. The lowest BCUT2D eigenvalue weighted by Crippen LogP contribution is -2.27. The maximum absolute atomic E-state index is 13.4. The van der Waals surface area contributed by atoms with E-state index in [2.05, 4.69) is 5.32 Å². The first kappa shape index (κ1) is 16.6. The van der Waals surface area contributed by atoms with Gasteiger partial charge in [-0.2, -0.15) is 0 Å². The molecule has 0 saturated heterocycles. The van der Waals surface area contributed by atoms with Gasteiger partial charge in [0.25, 0.3) is 5.91 Å². The number of hydrogen-bond acceptors (Lipinski definition) is 3. The molecule has 20 heavy (non-hydrogen) atoms. The van der Waals surface area contributed by atoms with E-state index in [0.717, 1.165) is 18.6 Å². The Kier molecular flexibility index (Phi) is 5.24. The molecule has 0 spiro atoms. The number of nitrogens with one attached hydrogen (secondary N) is 1. The summed E-state index contributed by atoms with van der Waals surface area (Å²) < 4.78 is 36.2. The summed E-state index contributed by atoms with van der Waals surface area (Å²) in [6.45, 7) is 5.89. The minimum Gasteiger partial charge on any atom is -0.352 e. The molecule has 0 aliphatic rings. The van der Waals surface area contributed by atoms with Gasteiger partial charge < -0.3 is 5.32 Å². The lowest BCUT2D eigenvalue weighted by atomic mass is 10.1. The molecular weight excluding hydrogens is 283 g/mol. The number of sulfonamides is 1. The highest BCUT2D eigenvalue weighted by Gasteiger charge is 2.19. The monoisotopic (exact) mass is 302 g/mol. The number of rotatable bonds is 5. The molecule has 0 unspecified atom stereocenters. The van der Waals surface area contributed by atoms with Crippen LogP contribution in [0.4, 0.5) is 4.39 Å². The van der Waals surface area contributed by atoms with Crippen molar-refractivity contribution < 1.29 is 17.6 Å². The highest BCUT2D eigenvalue weighted by molar-refractivity contribution is 7.89. The molecule has 0 aliphatic carbocycles. The first-order valence-corrected chi connectivity index (χ1v) is 7.78. The molecule has 5 nitrogen and oxygen atoms in total. The van der Waals surface area contributed by atoms with Crippen molar-refractivity contribution in [2.75, 3.05) is 6.54 Å². The predicted octanol–water partition coefficient (Wildman–Crippen LogP) is 1.56. The quantitative estimate of drug-likeness (QED) is 0.865. The first-order valence-electron chi connectivity index (χ1n) is 6.24. The Bertz CT molecular complexity index is 612. The molecule has 0 atom stereocenters. The molecule has 3 N–H and O–H groups in total. The Balaban J connectivity index is 3.07. The molecule has 0 fully saturated rings. The molecule has 0 bridgehead atoms. The van der Waals surface area contributed by atoms with Gasteiger partial charge in [0.15, 0.2) is 0 Å². The van der Waals surface area contributed by atoms with Crippen LogP contribution in [0.2, 0.25) is 0 Å². The van der Waals surface area contributed by atoms with Crippen molar-refractivity contribution in [2.45, 2.75) is 32.1 Å². The molecule has 1 aromatic carbocycles. The molecule has 0 heterocycles.